The highest BCUT2D eigenvalue weighted by atomic mass is 15.4. The Morgan fingerprint density at radius 3 is 3.00 bits per heavy atom. The molecule has 0 radical (unpaired) electrons. The van der Waals surface area contributed by atoms with Crippen molar-refractivity contribution in [2.75, 3.05) is 6.54 Å². The minimum Gasteiger partial charge on any atom is -0.361 e. The molecule has 0 bridgehead atoms. The van der Waals surface area contributed by atoms with Gasteiger partial charge in [-0.15, -0.1) is 0 Å². The van der Waals surface area contributed by atoms with Crippen molar-refractivity contribution >= 4 is 10.9 Å². The second kappa shape index (κ2) is 3.34. The molecule has 5 N–H and O–H groups in total. The predicted octanol–water partition coefficient (Wildman–Crippen LogP) is 0.644. The summed E-state index contributed by atoms with van der Waals surface area (Å²) in [7, 11) is 0. The number of aromatic amines is 1. The predicted molar refractivity (Wildman–Crippen MR) is 60.2 cm³/mol. The van der Waals surface area contributed by atoms with Crippen molar-refractivity contribution in [1.29, 1.82) is 0 Å². The van der Waals surface area contributed by atoms with Crippen molar-refractivity contribution in [3.8, 4) is 0 Å². The Balaban J connectivity index is 2.13. The number of benzene rings is 1. The molecule has 0 spiro atoms. The molecule has 1 aromatic carbocycles. The molecule has 78 valence electrons. The van der Waals surface area contributed by atoms with Gasteiger partial charge in [0.2, 0.25) is 0 Å². The molecule has 2 heterocycles. The third kappa shape index (κ3) is 1.34. The number of hydrogen-bond acceptors (Lipinski definition) is 3. The van der Waals surface area contributed by atoms with Gasteiger partial charge in [0.25, 0.3) is 0 Å². The van der Waals surface area contributed by atoms with Gasteiger partial charge < -0.3 is 10.7 Å². The summed E-state index contributed by atoms with van der Waals surface area (Å²) < 4.78 is 0. The van der Waals surface area contributed by atoms with Crippen LogP contribution in [0, 0.1) is 0 Å². The Labute approximate surface area is 87.8 Å². The second-order valence-electron chi connectivity index (χ2n) is 3.94. The lowest BCUT2D eigenvalue weighted by Gasteiger charge is -2.14. The van der Waals surface area contributed by atoms with Crippen LogP contribution in [0.5, 0.6) is 0 Å². The molecule has 15 heavy (non-hydrogen) atoms. The van der Waals surface area contributed by atoms with Crippen molar-refractivity contribution in [3.63, 3.8) is 0 Å². The molecular weight excluding hydrogens is 188 g/mol. The first-order chi connectivity index (χ1) is 7.36. The number of rotatable bonds is 1. The fourth-order valence-electron chi connectivity index (χ4n) is 2.25. The van der Waals surface area contributed by atoms with Crippen molar-refractivity contribution in [1.82, 2.24) is 15.8 Å². The maximum atomic E-state index is 5.99. The van der Waals surface area contributed by atoms with Crippen molar-refractivity contribution in [2.24, 2.45) is 5.73 Å². The average molecular weight is 202 g/mol. The number of hydrazine groups is 1. The Kier molecular flexibility index (Phi) is 1.98. The average Bonchev–Trinajstić information content (AvgIpc) is 2.85. The molecule has 3 rings (SSSR count). The van der Waals surface area contributed by atoms with Gasteiger partial charge in [0.05, 0.1) is 6.17 Å². The third-order valence-electron chi connectivity index (χ3n) is 3.05. The highest BCUT2D eigenvalue weighted by Crippen LogP contribution is 2.27. The normalized spacial score (nSPS) is 26.2. The Bertz CT molecular complexity index is 476. The summed E-state index contributed by atoms with van der Waals surface area (Å²) in [6.45, 7) is 0.880. The highest BCUT2D eigenvalue weighted by Gasteiger charge is 2.26. The van der Waals surface area contributed by atoms with E-state index >= 15 is 0 Å². The zero-order chi connectivity index (χ0) is 10.3. The van der Waals surface area contributed by atoms with E-state index in [0.717, 1.165) is 6.54 Å². The first-order valence-electron chi connectivity index (χ1n) is 5.16. The SMILES string of the molecule is NC1NNCC1c1cccc2[nH]ccc12. The van der Waals surface area contributed by atoms with Gasteiger partial charge in [-0.2, -0.15) is 0 Å². The van der Waals surface area contributed by atoms with E-state index in [1.165, 1.54) is 16.5 Å². The van der Waals surface area contributed by atoms with Gasteiger partial charge in [-0.3, -0.25) is 5.43 Å². The van der Waals surface area contributed by atoms with Gasteiger partial charge in [-0.25, -0.2) is 5.43 Å². The smallest absolute Gasteiger partial charge is 0.0761 e. The molecule has 4 nitrogen and oxygen atoms in total. The van der Waals surface area contributed by atoms with Crippen LogP contribution in [0.25, 0.3) is 10.9 Å². The van der Waals surface area contributed by atoms with Crippen LogP contribution in [0.2, 0.25) is 0 Å². The maximum absolute atomic E-state index is 5.99. The van der Waals surface area contributed by atoms with Crippen LogP contribution in [0.15, 0.2) is 30.5 Å². The van der Waals surface area contributed by atoms with Crippen LogP contribution in [0.1, 0.15) is 11.5 Å². The Hall–Kier alpha value is -1.36. The summed E-state index contributed by atoms with van der Waals surface area (Å²) in [5, 5.41) is 1.27. The number of H-pyrrole nitrogens is 1. The maximum Gasteiger partial charge on any atom is 0.0761 e. The van der Waals surface area contributed by atoms with Crippen LogP contribution >= 0.6 is 0 Å². The standard InChI is InChI=1S/C11H14N4/c12-11-9(6-14-15-11)7-2-1-3-10-8(7)4-5-13-10/h1-5,9,11,13-15H,6,12H2. The minimum absolute atomic E-state index is 0.00880. The van der Waals surface area contributed by atoms with Crippen LogP contribution in [-0.4, -0.2) is 17.7 Å². The molecule has 1 saturated heterocycles. The van der Waals surface area contributed by atoms with E-state index in [2.05, 4.69) is 40.1 Å². The third-order valence-corrected chi connectivity index (χ3v) is 3.05. The molecule has 1 aliphatic heterocycles. The number of nitrogens with one attached hydrogen (secondary N) is 3. The molecule has 1 fully saturated rings. The van der Waals surface area contributed by atoms with E-state index in [4.69, 9.17) is 5.73 Å². The second-order valence-corrected chi connectivity index (χ2v) is 3.94. The molecule has 0 aliphatic carbocycles. The van der Waals surface area contributed by atoms with Crippen molar-refractivity contribution in [3.05, 3.63) is 36.0 Å². The summed E-state index contributed by atoms with van der Waals surface area (Å²) in [5.41, 5.74) is 14.6. The highest BCUT2D eigenvalue weighted by molar-refractivity contribution is 5.83. The van der Waals surface area contributed by atoms with Gasteiger partial charge in [-0.05, 0) is 17.7 Å². The van der Waals surface area contributed by atoms with Crippen molar-refractivity contribution < 1.29 is 0 Å². The van der Waals surface area contributed by atoms with Crippen LogP contribution in [0.4, 0.5) is 0 Å². The molecule has 2 atom stereocenters. The monoisotopic (exact) mass is 202 g/mol. The van der Waals surface area contributed by atoms with E-state index in [1.807, 2.05) is 6.20 Å². The zero-order valence-electron chi connectivity index (χ0n) is 8.33. The number of hydrogen-bond donors (Lipinski definition) is 4. The molecule has 0 amide bonds. The van der Waals surface area contributed by atoms with Gasteiger partial charge in [0, 0.05) is 29.6 Å². The number of nitrogens with two attached hydrogens (primary N) is 1. The van der Waals surface area contributed by atoms with Crippen LogP contribution in [0.3, 0.4) is 0 Å². The lowest BCUT2D eigenvalue weighted by atomic mass is 9.94. The molecule has 2 unspecified atom stereocenters. The van der Waals surface area contributed by atoms with E-state index in [9.17, 15) is 0 Å². The lowest BCUT2D eigenvalue weighted by molar-refractivity contribution is 0.548. The van der Waals surface area contributed by atoms with Gasteiger partial charge in [0.15, 0.2) is 0 Å². The van der Waals surface area contributed by atoms with Crippen LogP contribution < -0.4 is 16.6 Å². The molecule has 0 saturated carbocycles. The molecule has 1 aromatic heterocycles. The molecule has 2 aromatic rings. The topological polar surface area (TPSA) is 65.9 Å². The van der Waals surface area contributed by atoms with Crippen LogP contribution in [-0.2, 0) is 0 Å². The van der Waals surface area contributed by atoms with E-state index in [0.29, 0.717) is 5.92 Å². The van der Waals surface area contributed by atoms with E-state index in [-0.39, 0.29) is 6.17 Å². The zero-order valence-corrected chi connectivity index (χ0v) is 8.33. The molecular formula is C11H14N4. The largest absolute Gasteiger partial charge is 0.361 e. The first-order valence-corrected chi connectivity index (χ1v) is 5.16. The fourth-order valence-corrected chi connectivity index (χ4v) is 2.25. The van der Waals surface area contributed by atoms with Gasteiger partial charge >= 0.3 is 0 Å². The summed E-state index contributed by atoms with van der Waals surface area (Å²) >= 11 is 0. The first kappa shape index (κ1) is 8.91. The van der Waals surface area contributed by atoms with E-state index in [1.54, 1.807) is 0 Å². The van der Waals surface area contributed by atoms with Gasteiger partial charge in [0.1, 0.15) is 0 Å². The minimum atomic E-state index is -0.00880. The Morgan fingerprint density at radius 1 is 1.27 bits per heavy atom. The number of aromatic nitrogens is 1. The molecule has 1 aliphatic rings. The summed E-state index contributed by atoms with van der Waals surface area (Å²) in [6, 6.07) is 8.41. The summed E-state index contributed by atoms with van der Waals surface area (Å²) in [6.07, 6.45) is 1.96. The summed E-state index contributed by atoms with van der Waals surface area (Å²) in [5.74, 6) is 0.337. The van der Waals surface area contributed by atoms with Gasteiger partial charge in [-0.1, -0.05) is 12.1 Å². The van der Waals surface area contributed by atoms with Crippen molar-refractivity contribution in [2.45, 2.75) is 12.1 Å². The fraction of sp³-hybridized carbons (Fsp3) is 0.273. The Morgan fingerprint density at radius 2 is 2.20 bits per heavy atom. The quantitative estimate of drug-likeness (QED) is 0.549. The number of fused-ring (bicyclic) bond motifs is 1. The summed E-state index contributed by atoms with van der Waals surface area (Å²) in [4.78, 5) is 3.22. The lowest BCUT2D eigenvalue weighted by Crippen LogP contribution is -2.38. The molecule has 4 heteroatoms. The van der Waals surface area contributed by atoms with E-state index < -0.39 is 0 Å².